The maximum absolute atomic E-state index is 12.3. The van der Waals surface area contributed by atoms with Crippen LogP contribution in [-0.2, 0) is 33.6 Å². The standard InChI is InChI=1S/C34H59N3O11/c1-25(39)28(24-38)37-31(42)23-21-27(34(47)48)36-30(41)22-20-26(33(45)46)35-29(40)18-16-14-12-10-8-6-4-2-3-5-7-9-11-13-15-17-19-32(43)44/h26-28,38H,2-24H2,1H3,(H,35,40)(H,36,41)(H,37,42)(H,43,44)(H,45,46)(H,47,48)/t26-,27-,28-/m0/s1. The van der Waals surface area contributed by atoms with Gasteiger partial charge in [-0.15, -0.1) is 0 Å². The van der Waals surface area contributed by atoms with Crippen molar-refractivity contribution < 1.29 is 54.0 Å². The Bertz CT molecular complexity index is 989. The average molecular weight is 686 g/mol. The maximum Gasteiger partial charge on any atom is 0.326 e. The smallest absolute Gasteiger partial charge is 0.326 e. The number of rotatable bonds is 32. The van der Waals surface area contributed by atoms with Crippen molar-refractivity contribution in [1.29, 1.82) is 0 Å². The van der Waals surface area contributed by atoms with Crippen molar-refractivity contribution in [2.24, 2.45) is 0 Å². The van der Waals surface area contributed by atoms with E-state index < -0.39 is 66.1 Å². The van der Waals surface area contributed by atoms with Gasteiger partial charge in [0.2, 0.25) is 17.7 Å². The van der Waals surface area contributed by atoms with E-state index in [2.05, 4.69) is 16.0 Å². The summed E-state index contributed by atoms with van der Waals surface area (Å²) < 4.78 is 0. The number of unbranched alkanes of at least 4 members (excludes halogenated alkanes) is 15. The van der Waals surface area contributed by atoms with Gasteiger partial charge in [-0.05, 0) is 32.6 Å². The van der Waals surface area contributed by atoms with Gasteiger partial charge >= 0.3 is 17.9 Å². The van der Waals surface area contributed by atoms with Crippen molar-refractivity contribution in [3.8, 4) is 0 Å². The fourth-order valence-corrected chi connectivity index (χ4v) is 5.18. The summed E-state index contributed by atoms with van der Waals surface area (Å²) >= 11 is 0. The molecule has 0 bridgehead atoms. The molecule has 14 nitrogen and oxygen atoms in total. The molecule has 0 unspecified atom stereocenters. The van der Waals surface area contributed by atoms with Gasteiger partial charge in [-0.25, -0.2) is 9.59 Å². The third-order valence-electron chi connectivity index (χ3n) is 8.14. The minimum atomic E-state index is -1.43. The van der Waals surface area contributed by atoms with Crippen molar-refractivity contribution >= 4 is 41.4 Å². The maximum atomic E-state index is 12.3. The van der Waals surface area contributed by atoms with Crippen LogP contribution in [0.25, 0.3) is 0 Å². The number of aliphatic carboxylic acids is 3. The summed E-state index contributed by atoms with van der Waals surface area (Å²) in [4.78, 5) is 81.5. The summed E-state index contributed by atoms with van der Waals surface area (Å²) in [6.07, 6.45) is 16.6. The Kier molecular flexibility index (Phi) is 26.4. The van der Waals surface area contributed by atoms with E-state index in [9.17, 15) is 43.8 Å². The third-order valence-corrected chi connectivity index (χ3v) is 8.14. The van der Waals surface area contributed by atoms with E-state index in [-0.39, 0.29) is 38.5 Å². The van der Waals surface area contributed by atoms with E-state index in [0.29, 0.717) is 6.42 Å². The Hall–Kier alpha value is -3.55. The number of carbonyl (C=O) groups is 7. The molecular weight excluding hydrogens is 626 g/mol. The summed E-state index contributed by atoms with van der Waals surface area (Å²) in [6.45, 7) is 0.579. The second-order valence-corrected chi connectivity index (χ2v) is 12.5. The number of ketones is 1. The van der Waals surface area contributed by atoms with Crippen molar-refractivity contribution in [2.75, 3.05) is 6.61 Å². The van der Waals surface area contributed by atoms with Crippen molar-refractivity contribution in [1.82, 2.24) is 16.0 Å². The molecule has 0 aromatic rings. The Labute approximate surface area is 284 Å². The molecule has 0 aliphatic heterocycles. The number of hydrogen-bond donors (Lipinski definition) is 7. The number of carbonyl (C=O) groups excluding carboxylic acids is 4. The molecule has 0 aliphatic carbocycles. The number of carboxylic acid groups (broad SMARTS) is 3. The van der Waals surface area contributed by atoms with Crippen LogP contribution < -0.4 is 16.0 Å². The monoisotopic (exact) mass is 685 g/mol. The van der Waals surface area contributed by atoms with Gasteiger partial charge in [-0.2, -0.15) is 0 Å². The highest BCUT2D eigenvalue weighted by Gasteiger charge is 2.25. The molecular formula is C34H59N3O11. The molecule has 0 saturated carbocycles. The molecule has 0 fully saturated rings. The number of carboxylic acids is 3. The lowest BCUT2D eigenvalue weighted by Gasteiger charge is -2.17. The molecule has 276 valence electrons. The zero-order valence-electron chi connectivity index (χ0n) is 28.6. The lowest BCUT2D eigenvalue weighted by Crippen LogP contribution is -2.45. The summed E-state index contributed by atoms with van der Waals surface area (Å²) in [7, 11) is 0. The summed E-state index contributed by atoms with van der Waals surface area (Å²) in [5.74, 6) is -5.74. The average Bonchev–Trinajstić information content (AvgIpc) is 3.02. The predicted molar refractivity (Wildman–Crippen MR) is 178 cm³/mol. The van der Waals surface area contributed by atoms with Crippen LogP contribution in [0.4, 0.5) is 0 Å². The van der Waals surface area contributed by atoms with Gasteiger partial charge in [0.05, 0.1) is 6.61 Å². The minimum Gasteiger partial charge on any atom is -0.481 e. The van der Waals surface area contributed by atoms with Crippen LogP contribution in [0.15, 0.2) is 0 Å². The van der Waals surface area contributed by atoms with Gasteiger partial charge in [0.1, 0.15) is 18.1 Å². The molecule has 0 heterocycles. The van der Waals surface area contributed by atoms with E-state index >= 15 is 0 Å². The molecule has 0 radical (unpaired) electrons. The second-order valence-electron chi connectivity index (χ2n) is 12.5. The molecule has 3 amide bonds. The molecule has 7 N–H and O–H groups in total. The van der Waals surface area contributed by atoms with Gasteiger partial charge in [-0.1, -0.05) is 89.9 Å². The topological polar surface area (TPSA) is 236 Å². The second kappa shape index (κ2) is 28.5. The first-order valence-corrected chi connectivity index (χ1v) is 17.5. The zero-order valence-corrected chi connectivity index (χ0v) is 28.6. The molecule has 3 atom stereocenters. The molecule has 0 saturated heterocycles. The SMILES string of the molecule is CC(=O)[C@H](CO)NC(=O)CC[C@H](NC(=O)CC[C@H](NC(=O)CCCCCCCCCCCCCCCCCCC(=O)O)C(=O)O)C(=O)O. The van der Waals surface area contributed by atoms with Crippen LogP contribution in [0.1, 0.15) is 148 Å². The first-order valence-electron chi connectivity index (χ1n) is 17.5. The van der Waals surface area contributed by atoms with Gasteiger partial charge in [0.25, 0.3) is 0 Å². The Morgan fingerprint density at radius 3 is 1.02 bits per heavy atom. The molecule has 14 heteroatoms. The van der Waals surface area contributed by atoms with Gasteiger partial charge in [-0.3, -0.25) is 24.0 Å². The van der Waals surface area contributed by atoms with E-state index in [0.717, 1.165) is 44.9 Å². The molecule has 48 heavy (non-hydrogen) atoms. The fraction of sp³-hybridized carbons (Fsp3) is 0.794. The van der Waals surface area contributed by atoms with Gasteiger partial charge in [0.15, 0.2) is 5.78 Å². The lowest BCUT2D eigenvalue weighted by molar-refractivity contribution is -0.143. The number of aliphatic hydroxyl groups excluding tert-OH is 1. The van der Waals surface area contributed by atoms with Gasteiger partial charge < -0.3 is 36.4 Å². The summed E-state index contributed by atoms with van der Waals surface area (Å²) in [5.41, 5.74) is 0. The third kappa shape index (κ3) is 25.5. The van der Waals surface area contributed by atoms with Crippen molar-refractivity contribution in [2.45, 2.75) is 166 Å². The molecule has 0 aromatic carbocycles. The number of nitrogens with one attached hydrogen (secondary N) is 3. The highest BCUT2D eigenvalue weighted by atomic mass is 16.4. The summed E-state index contributed by atoms with van der Waals surface area (Å²) in [5, 5.41) is 43.5. The van der Waals surface area contributed by atoms with Crippen molar-refractivity contribution in [3.63, 3.8) is 0 Å². The van der Waals surface area contributed by atoms with Gasteiger partial charge in [0, 0.05) is 25.7 Å². The van der Waals surface area contributed by atoms with Crippen molar-refractivity contribution in [3.05, 3.63) is 0 Å². The van der Waals surface area contributed by atoms with Crippen LogP contribution in [-0.4, -0.2) is 86.6 Å². The lowest BCUT2D eigenvalue weighted by atomic mass is 10.0. The van der Waals surface area contributed by atoms with E-state index in [1.807, 2.05) is 0 Å². The van der Waals surface area contributed by atoms with Crippen LogP contribution >= 0.6 is 0 Å². The normalized spacial score (nSPS) is 12.8. The molecule has 0 rings (SSSR count). The highest BCUT2D eigenvalue weighted by Crippen LogP contribution is 2.14. The Morgan fingerprint density at radius 1 is 0.438 bits per heavy atom. The first kappa shape index (κ1) is 44.5. The fourth-order valence-electron chi connectivity index (χ4n) is 5.18. The summed E-state index contributed by atoms with van der Waals surface area (Å²) in [6, 6.07) is -3.84. The highest BCUT2D eigenvalue weighted by molar-refractivity contribution is 5.88. The predicted octanol–water partition coefficient (Wildman–Crippen LogP) is 3.86. The van der Waals surface area contributed by atoms with Crippen LogP contribution in [0.3, 0.4) is 0 Å². The number of amides is 3. The quantitative estimate of drug-likeness (QED) is 0.0502. The Balaban J connectivity index is 4.03. The minimum absolute atomic E-state index is 0.169. The zero-order chi connectivity index (χ0) is 36.2. The number of Topliss-reactive ketones (excluding diaryl/α,β-unsaturated/α-hetero) is 1. The number of hydrogen-bond acceptors (Lipinski definition) is 8. The van der Waals surface area contributed by atoms with E-state index in [4.69, 9.17) is 10.2 Å². The van der Waals surface area contributed by atoms with Crippen LogP contribution in [0.2, 0.25) is 0 Å². The molecule has 0 spiro atoms. The molecule has 0 aromatic heterocycles. The first-order chi connectivity index (χ1) is 22.9. The van der Waals surface area contributed by atoms with E-state index in [1.54, 1.807) is 0 Å². The molecule has 0 aliphatic rings. The van der Waals surface area contributed by atoms with E-state index in [1.165, 1.54) is 58.3 Å². The largest absolute Gasteiger partial charge is 0.481 e. The Morgan fingerprint density at radius 2 is 0.729 bits per heavy atom. The van der Waals surface area contributed by atoms with Crippen LogP contribution in [0.5, 0.6) is 0 Å². The van der Waals surface area contributed by atoms with Crippen LogP contribution in [0, 0.1) is 0 Å². The number of aliphatic hydroxyl groups is 1.